The zero-order valence-electron chi connectivity index (χ0n) is 16.6. The number of methoxy groups -OCH3 is 3. The van der Waals surface area contributed by atoms with Gasteiger partial charge in [0.1, 0.15) is 11.6 Å². The first kappa shape index (κ1) is 20.9. The lowest BCUT2D eigenvalue weighted by molar-refractivity contribution is -0.112. The number of carbonyl (C=O) groups excluding carboxylic acids is 1. The monoisotopic (exact) mass is 421 g/mol. The molecule has 3 rings (SSSR count). The molecule has 0 unspecified atom stereocenters. The molecule has 8 heteroatoms. The van der Waals surface area contributed by atoms with E-state index in [9.17, 15) is 10.1 Å². The van der Waals surface area contributed by atoms with Crippen LogP contribution in [0.3, 0.4) is 0 Å². The first-order chi connectivity index (χ1) is 14.6. The third-order valence-corrected chi connectivity index (χ3v) is 4.95. The highest BCUT2D eigenvalue weighted by molar-refractivity contribution is 7.14. The van der Waals surface area contributed by atoms with Crippen molar-refractivity contribution in [2.75, 3.05) is 26.6 Å². The van der Waals surface area contributed by atoms with Crippen LogP contribution in [0, 0.1) is 11.3 Å². The molecule has 0 bridgehead atoms. The Labute approximate surface area is 178 Å². The molecule has 0 aliphatic rings. The quantitative estimate of drug-likeness (QED) is 0.449. The second-order valence-electron chi connectivity index (χ2n) is 5.95. The highest BCUT2D eigenvalue weighted by atomic mass is 32.1. The maximum Gasteiger partial charge on any atom is 0.268 e. The molecule has 30 heavy (non-hydrogen) atoms. The largest absolute Gasteiger partial charge is 0.493 e. The van der Waals surface area contributed by atoms with E-state index in [4.69, 9.17) is 14.2 Å². The third kappa shape index (κ3) is 4.42. The maximum atomic E-state index is 12.6. The molecule has 1 aromatic heterocycles. The summed E-state index contributed by atoms with van der Waals surface area (Å²) >= 11 is 1.28. The minimum Gasteiger partial charge on any atom is -0.493 e. The van der Waals surface area contributed by atoms with Gasteiger partial charge in [-0.1, -0.05) is 30.3 Å². The molecule has 1 N–H and O–H groups in total. The average molecular weight is 421 g/mol. The van der Waals surface area contributed by atoms with Gasteiger partial charge in [0, 0.05) is 16.5 Å². The summed E-state index contributed by atoms with van der Waals surface area (Å²) in [5, 5.41) is 14.4. The minimum atomic E-state index is -0.566. The van der Waals surface area contributed by atoms with Crippen molar-refractivity contribution in [3.63, 3.8) is 0 Å². The Morgan fingerprint density at radius 1 is 1.07 bits per heavy atom. The number of anilines is 1. The van der Waals surface area contributed by atoms with Crippen LogP contribution in [0.15, 0.2) is 53.4 Å². The Morgan fingerprint density at radius 2 is 1.80 bits per heavy atom. The van der Waals surface area contributed by atoms with Crippen molar-refractivity contribution in [2.24, 2.45) is 0 Å². The van der Waals surface area contributed by atoms with E-state index in [0.29, 0.717) is 27.9 Å². The molecule has 0 fully saturated rings. The molecule has 0 saturated heterocycles. The van der Waals surface area contributed by atoms with Gasteiger partial charge in [-0.15, -0.1) is 11.3 Å². The summed E-state index contributed by atoms with van der Waals surface area (Å²) in [6.07, 6.45) is 1.43. The highest BCUT2D eigenvalue weighted by Crippen LogP contribution is 2.40. The van der Waals surface area contributed by atoms with Gasteiger partial charge in [0.2, 0.25) is 5.75 Å². The van der Waals surface area contributed by atoms with Crippen molar-refractivity contribution in [1.82, 2.24) is 4.98 Å². The van der Waals surface area contributed by atoms with E-state index in [-0.39, 0.29) is 5.57 Å². The molecule has 0 radical (unpaired) electrons. The van der Waals surface area contributed by atoms with E-state index in [1.165, 1.54) is 38.7 Å². The van der Waals surface area contributed by atoms with Crippen molar-refractivity contribution in [2.45, 2.75) is 0 Å². The van der Waals surface area contributed by atoms with E-state index in [0.717, 1.165) is 11.3 Å². The molecule has 2 aromatic carbocycles. The van der Waals surface area contributed by atoms with Crippen LogP contribution in [-0.2, 0) is 4.79 Å². The van der Waals surface area contributed by atoms with Gasteiger partial charge in [0.15, 0.2) is 16.6 Å². The van der Waals surface area contributed by atoms with Crippen LogP contribution in [-0.4, -0.2) is 32.2 Å². The standard InChI is InChI=1S/C22H19N3O4S/c1-27-18-10-9-15(19(28-2)20(18)29-3)11-16(12-23)21(26)25-22-24-17(13-30-22)14-7-5-4-6-8-14/h4-11,13H,1-3H3,(H,24,25,26)/b16-11-. The first-order valence-electron chi connectivity index (χ1n) is 8.84. The van der Waals surface area contributed by atoms with Crippen LogP contribution < -0.4 is 19.5 Å². The summed E-state index contributed by atoms with van der Waals surface area (Å²) < 4.78 is 16.0. The summed E-state index contributed by atoms with van der Waals surface area (Å²) in [6, 6.07) is 14.9. The number of nitrogens with zero attached hydrogens (tertiary/aromatic N) is 2. The predicted octanol–water partition coefficient (Wildman–Crippen LogP) is 4.38. The smallest absolute Gasteiger partial charge is 0.268 e. The van der Waals surface area contributed by atoms with E-state index in [1.54, 1.807) is 12.1 Å². The lowest BCUT2D eigenvalue weighted by Gasteiger charge is -2.14. The van der Waals surface area contributed by atoms with Crippen LogP contribution in [0.25, 0.3) is 17.3 Å². The number of nitrogens with one attached hydrogen (secondary N) is 1. The summed E-state index contributed by atoms with van der Waals surface area (Å²) in [5.41, 5.74) is 2.10. The number of hydrogen-bond acceptors (Lipinski definition) is 7. The molecular formula is C22H19N3O4S. The zero-order valence-corrected chi connectivity index (χ0v) is 17.4. The summed E-state index contributed by atoms with van der Waals surface area (Å²) in [7, 11) is 4.47. The second-order valence-corrected chi connectivity index (χ2v) is 6.81. The summed E-state index contributed by atoms with van der Waals surface area (Å²) in [4.78, 5) is 17.1. The number of benzene rings is 2. The molecule has 0 aliphatic carbocycles. The number of ether oxygens (including phenoxy) is 3. The number of carbonyl (C=O) groups is 1. The fourth-order valence-corrected chi connectivity index (χ4v) is 3.49. The molecule has 0 spiro atoms. The summed E-state index contributed by atoms with van der Waals surface area (Å²) in [6.45, 7) is 0. The van der Waals surface area contributed by atoms with Crippen LogP contribution in [0.4, 0.5) is 5.13 Å². The lowest BCUT2D eigenvalue weighted by Crippen LogP contribution is -2.13. The van der Waals surface area contributed by atoms with Gasteiger partial charge < -0.3 is 14.2 Å². The van der Waals surface area contributed by atoms with Gasteiger partial charge >= 0.3 is 0 Å². The Hall–Kier alpha value is -3.83. The van der Waals surface area contributed by atoms with E-state index in [1.807, 2.05) is 41.8 Å². The Balaban J connectivity index is 1.86. The van der Waals surface area contributed by atoms with Gasteiger partial charge in [0.25, 0.3) is 5.91 Å². The molecule has 0 saturated carbocycles. The van der Waals surface area contributed by atoms with Gasteiger partial charge in [0.05, 0.1) is 27.0 Å². The van der Waals surface area contributed by atoms with Crippen LogP contribution in [0.5, 0.6) is 17.2 Å². The molecule has 0 atom stereocenters. The Kier molecular flexibility index (Phi) is 6.67. The minimum absolute atomic E-state index is 0.100. The number of rotatable bonds is 7. The van der Waals surface area contributed by atoms with Gasteiger partial charge in [-0.05, 0) is 18.2 Å². The maximum absolute atomic E-state index is 12.6. The number of nitriles is 1. The molecule has 1 heterocycles. The Bertz CT molecular complexity index is 1120. The first-order valence-corrected chi connectivity index (χ1v) is 9.72. The lowest BCUT2D eigenvalue weighted by atomic mass is 10.1. The number of thiazole rings is 1. The molecule has 1 amide bonds. The number of aromatic nitrogens is 1. The molecule has 7 nitrogen and oxygen atoms in total. The summed E-state index contributed by atoms with van der Waals surface area (Å²) in [5.74, 6) is 0.644. The number of hydrogen-bond donors (Lipinski definition) is 1. The van der Waals surface area contributed by atoms with Crippen molar-refractivity contribution in [3.05, 3.63) is 59.0 Å². The van der Waals surface area contributed by atoms with E-state index >= 15 is 0 Å². The molecule has 0 aliphatic heterocycles. The third-order valence-electron chi connectivity index (χ3n) is 4.19. The van der Waals surface area contributed by atoms with Crippen molar-refractivity contribution in [1.29, 1.82) is 5.26 Å². The predicted molar refractivity (Wildman–Crippen MR) is 116 cm³/mol. The SMILES string of the molecule is COc1ccc(/C=C(/C#N)C(=O)Nc2nc(-c3ccccc3)cs2)c(OC)c1OC. The number of amides is 1. The van der Waals surface area contributed by atoms with Crippen LogP contribution in [0.1, 0.15) is 5.56 Å². The van der Waals surface area contributed by atoms with Crippen LogP contribution in [0.2, 0.25) is 0 Å². The van der Waals surface area contributed by atoms with Crippen molar-refractivity contribution in [3.8, 4) is 34.6 Å². The van der Waals surface area contributed by atoms with E-state index < -0.39 is 5.91 Å². The fourth-order valence-electron chi connectivity index (χ4n) is 2.78. The van der Waals surface area contributed by atoms with Gasteiger partial charge in [-0.2, -0.15) is 5.26 Å². The average Bonchev–Trinajstić information content (AvgIpc) is 3.25. The zero-order chi connectivity index (χ0) is 21.5. The molecule has 3 aromatic rings. The topological polar surface area (TPSA) is 93.5 Å². The van der Waals surface area contributed by atoms with Gasteiger partial charge in [-0.3, -0.25) is 10.1 Å². The van der Waals surface area contributed by atoms with Crippen LogP contribution >= 0.6 is 11.3 Å². The molecular weight excluding hydrogens is 402 g/mol. The molecule has 152 valence electrons. The Morgan fingerprint density at radius 3 is 2.43 bits per heavy atom. The van der Waals surface area contributed by atoms with Crippen molar-refractivity contribution >= 4 is 28.5 Å². The fraction of sp³-hybridized carbons (Fsp3) is 0.136. The van der Waals surface area contributed by atoms with Crippen molar-refractivity contribution < 1.29 is 19.0 Å². The second kappa shape index (κ2) is 9.58. The normalized spacial score (nSPS) is 10.8. The van der Waals surface area contributed by atoms with E-state index in [2.05, 4.69) is 10.3 Å². The van der Waals surface area contributed by atoms with Gasteiger partial charge in [-0.25, -0.2) is 4.98 Å². The highest BCUT2D eigenvalue weighted by Gasteiger charge is 2.18.